The SMILES string of the molecule is OB(O)C1CCC(O)CC1. The summed E-state index contributed by atoms with van der Waals surface area (Å²) in [6.07, 6.45) is 2.68. The van der Waals surface area contributed by atoms with Gasteiger partial charge in [0.2, 0.25) is 0 Å². The average Bonchev–Trinajstić information content (AvgIpc) is 1.88. The summed E-state index contributed by atoms with van der Waals surface area (Å²) in [5, 5.41) is 26.5. The fourth-order valence-electron chi connectivity index (χ4n) is 1.40. The lowest BCUT2D eigenvalue weighted by Crippen LogP contribution is -2.26. The fraction of sp³-hybridized carbons (Fsp3) is 1.00. The minimum absolute atomic E-state index is 0.0107. The van der Waals surface area contributed by atoms with Gasteiger partial charge in [-0.2, -0.15) is 0 Å². The van der Waals surface area contributed by atoms with Gasteiger partial charge in [0.15, 0.2) is 0 Å². The number of hydrogen-bond acceptors (Lipinski definition) is 3. The largest absolute Gasteiger partial charge is 0.454 e. The number of hydrogen-bond donors (Lipinski definition) is 3. The maximum atomic E-state index is 9.05. The van der Waals surface area contributed by atoms with Crippen molar-refractivity contribution in [2.45, 2.75) is 37.6 Å². The van der Waals surface area contributed by atoms with Crippen LogP contribution in [0.4, 0.5) is 0 Å². The molecular formula is C6H13BO3. The van der Waals surface area contributed by atoms with E-state index in [1.807, 2.05) is 0 Å². The summed E-state index contributed by atoms with van der Waals surface area (Å²) in [5.74, 6) is -0.0107. The van der Waals surface area contributed by atoms with Crippen molar-refractivity contribution in [2.75, 3.05) is 0 Å². The molecule has 1 rings (SSSR count). The van der Waals surface area contributed by atoms with Crippen LogP contribution < -0.4 is 0 Å². The molecule has 10 heavy (non-hydrogen) atoms. The van der Waals surface area contributed by atoms with Crippen molar-refractivity contribution in [1.82, 2.24) is 0 Å². The molecule has 0 radical (unpaired) electrons. The van der Waals surface area contributed by atoms with Crippen LogP contribution in [-0.2, 0) is 0 Å². The molecule has 1 aliphatic rings. The molecule has 1 saturated carbocycles. The zero-order valence-corrected chi connectivity index (χ0v) is 5.90. The molecule has 0 saturated heterocycles. The van der Waals surface area contributed by atoms with Crippen LogP contribution in [0.3, 0.4) is 0 Å². The maximum absolute atomic E-state index is 9.05. The zero-order valence-electron chi connectivity index (χ0n) is 5.90. The van der Waals surface area contributed by atoms with Crippen molar-refractivity contribution >= 4 is 7.12 Å². The van der Waals surface area contributed by atoms with Crippen LogP contribution in [0.2, 0.25) is 5.82 Å². The molecule has 0 atom stereocenters. The summed E-state index contributed by atoms with van der Waals surface area (Å²) in [7, 11) is -1.19. The van der Waals surface area contributed by atoms with Crippen LogP contribution in [0.25, 0.3) is 0 Å². The quantitative estimate of drug-likeness (QED) is 0.445. The fourth-order valence-corrected chi connectivity index (χ4v) is 1.40. The van der Waals surface area contributed by atoms with E-state index < -0.39 is 7.12 Å². The highest BCUT2D eigenvalue weighted by molar-refractivity contribution is 6.43. The summed E-state index contributed by atoms with van der Waals surface area (Å²) in [4.78, 5) is 0. The molecule has 4 heteroatoms. The highest BCUT2D eigenvalue weighted by Crippen LogP contribution is 2.29. The molecule has 0 spiro atoms. The summed E-state index contributed by atoms with van der Waals surface area (Å²) < 4.78 is 0. The smallest absolute Gasteiger partial charge is 0.427 e. The molecule has 0 bridgehead atoms. The molecular weight excluding hydrogens is 131 g/mol. The average molecular weight is 144 g/mol. The van der Waals surface area contributed by atoms with E-state index in [-0.39, 0.29) is 11.9 Å². The Morgan fingerprint density at radius 2 is 1.50 bits per heavy atom. The van der Waals surface area contributed by atoms with Gasteiger partial charge >= 0.3 is 7.12 Å². The van der Waals surface area contributed by atoms with Crippen molar-refractivity contribution in [1.29, 1.82) is 0 Å². The molecule has 0 heterocycles. The normalized spacial score (nSPS) is 33.9. The van der Waals surface area contributed by atoms with E-state index in [2.05, 4.69) is 0 Å². The Labute approximate surface area is 60.8 Å². The molecule has 0 aromatic carbocycles. The van der Waals surface area contributed by atoms with Crippen LogP contribution in [-0.4, -0.2) is 28.4 Å². The summed E-state index contributed by atoms with van der Waals surface area (Å²) in [6.45, 7) is 0. The number of rotatable bonds is 1. The van der Waals surface area contributed by atoms with Gasteiger partial charge in [0.1, 0.15) is 0 Å². The van der Waals surface area contributed by atoms with E-state index in [9.17, 15) is 0 Å². The molecule has 58 valence electrons. The van der Waals surface area contributed by atoms with Gasteiger partial charge in [-0.05, 0) is 31.5 Å². The second-order valence-corrected chi connectivity index (χ2v) is 2.98. The van der Waals surface area contributed by atoms with E-state index in [0.717, 1.165) is 12.8 Å². The Hall–Kier alpha value is -0.0551. The van der Waals surface area contributed by atoms with Gasteiger partial charge in [-0.1, -0.05) is 0 Å². The van der Waals surface area contributed by atoms with Crippen molar-refractivity contribution in [3.63, 3.8) is 0 Å². The monoisotopic (exact) mass is 144 g/mol. The standard InChI is InChI=1S/C6H13BO3/c8-6-3-1-5(2-4-6)7(9)10/h5-6,8-10H,1-4H2. The van der Waals surface area contributed by atoms with Gasteiger partial charge in [0, 0.05) is 0 Å². The van der Waals surface area contributed by atoms with Crippen molar-refractivity contribution in [3.05, 3.63) is 0 Å². The van der Waals surface area contributed by atoms with E-state index in [1.54, 1.807) is 0 Å². The minimum atomic E-state index is -1.19. The van der Waals surface area contributed by atoms with Gasteiger partial charge in [-0.3, -0.25) is 0 Å². The molecule has 0 amide bonds. The molecule has 0 aromatic heterocycles. The van der Waals surface area contributed by atoms with Crippen molar-refractivity contribution < 1.29 is 15.2 Å². The van der Waals surface area contributed by atoms with Crippen molar-refractivity contribution in [3.8, 4) is 0 Å². The van der Waals surface area contributed by atoms with Gasteiger partial charge in [0.05, 0.1) is 6.10 Å². The Kier molecular flexibility index (Phi) is 2.71. The summed E-state index contributed by atoms with van der Waals surface area (Å²) in [5.41, 5.74) is 0. The molecule has 3 N–H and O–H groups in total. The lowest BCUT2D eigenvalue weighted by atomic mass is 9.65. The Morgan fingerprint density at radius 1 is 1.00 bits per heavy atom. The minimum Gasteiger partial charge on any atom is -0.427 e. The zero-order chi connectivity index (χ0) is 7.56. The third-order valence-corrected chi connectivity index (χ3v) is 2.16. The van der Waals surface area contributed by atoms with Gasteiger partial charge in [0.25, 0.3) is 0 Å². The third kappa shape index (κ3) is 1.97. The van der Waals surface area contributed by atoms with Crippen LogP contribution in [0.15, 0.2) is 0 Å². The van der Waals surface area contributed by atoms with Crippen LogP contribution in [0.5, 0.6) is 0 Å². The first-order valence-electron chi connectivity index (χ1n) is 3.74. The lowest BCUT2D eigenvalue weighted by Gasteiger charge is -2.24. The summed E-state index contributed by atoms with van der Waals surface area (Å²) in [6, 6.07) is 0. The Balaban J connectivity index is 2.26. The van der Waals surface area contributed by atoms with E-state index in [0.29, 0.717) is 12.8 Å². The molecule has 1 aliphatic carbocycles. The van der Waals surface area contributed by atoms with Crippen LogP contribution in [0, 0.1) is 0 Å². The predicted octanol–water partition coefficient (Wildman–Crippen LogP) is -0.236. The molecule has 3 nitrogen and oxygen atoms in total. The Bertz CT molecular complexity index is 99.2. The Morgan fingerprint density at radius 3 is 1.90 bits per heavy atom. The molecule has 0 unspecified atom stereocenters. The number of aliphatic hydroxyl groups excluding tert-OH is 1. The second kappa shape index (κ2) is 3.37. The van der Waals surface area contributed by atoms with Gasteiger partial charge in [-0.25, -0.2) is 0 Å². The molecule has 1 fully saturated rings. The highest BCUT2D eigenvalue weighted by Gasteiger charge is 2.27. The first-order chi connectivity index (χ1) is 4.70. The first kappa shape index (κ1) is 8.05. The van der Waals surface area contributed by atoms with E-state index in [4.69, 9.17) is 15.2 Å². The van der Waals surface area contributed by atoms with Crippen LogP contribution in [0.1, 0.15) is 25.7 Å². The number of aliphatic hydroxyl groups is 1. The predicted molar refractivity (Wildman–Crippen MR) is 38.4 cm³/mol. The van der Waals surface area contributed by atoms with Crippen molar-refractivity contribution in [2.24, 2.45) is 0 Å². The molecule has 0 aromatic rings. The van der Waals surface area contributed by atoms with E-state index in [1.165, 1.54) is 0 Å². The lowest BCUT2D eigenvalue weighted by molar-refractivity contribution is 0.125. The topological polar surface area (TPSA) is 60.7 Å². The summed E-state index contributed by atoms with van der Waals surface area (Å²) >= 11 is 0. The van der Waals surface area contributed by atoms with Crippen LogP contribution >= 0.6 is 0 Å². The highest BCUT2D eigenvalue weighted by atomic mass is 16.4. The maximum Gasteiger partial charge on any atom is 0.454 e. The van der Waals surface area contributed by atoms with Gasteiger partial charge < -0.3 is 15.2 Å². The third-order valence-electron chi connectivity index (χ3n) is 2.16. The first-order valence-corrected chi connectivity index (χ1v) is 3.74. The second-order valence-electron chi connectivity index (χ2n) is 2.98. The van der Waals surface area contributed by atoms with E-state index >= 15 is 0 Å². The molecule has 0 aliphatic heterocycles. The van der Waals surface area contributed by atoms with Gasteiger partial charge in [-0.15, -0.1) is 0 Å².